The maximum atomic E-state index is 6.95. The lowest BCUT2D eigenvalue weighted by molar-refractivity contribution is 0.195. The van der Waals surface area contributed by atoms with Crippen molar-refractivity contribution in [3.63, 3.8) is 0 Å². The summed E-state index contributed by atoms with van der Waals surface area (Å²) in [5.41, 5.74) is 12.6. The van der Waals surface area contributed by atoms with Crippen molar-refractivity contribution in [1.82, 2.24) is 4.98 Å². The molecule has 0 saturated heterocycles. The molecule has 1 aromatic heterocycles. The van der Waals surface area contributed by atoms with E-state index in [1.165, 1.54) is 75.5 Å². The zero-order valence-electron chi connectivity index (χ0n) is 26.3. The molecule has 5 nitrogen and oxygen atoms in total. The van der Waals surface area contributed by atoms with Crippen LogP contribution in [0.25, 0.3) is 10.9 Å². The van der Waals surface area contributed by atoms with E-state index in [1.54, 1.807) is 0 Å². The number of H-pyrrole nitrogens is 1. The van der Waals surface area contributed by atoms with Crippen molar-refractivity contribution in [3.05, 3.63) is 96.6 Å². The molecule has 7 heteroatoms. The normalized spacial score (nSPS) is 22.9. The van der Waals surface area contributed by atoms with Crippen LogP contribution in [-0.2, 0) is 5.41 Å². The highest BCUT2D eigenvalue weighted by atomic mass is 16.5. The van der Waals surface area contributed by atoms with Crippen LogP contribution in [0.4, 0.5) is 11.4 Å². The van der Waals surface area contributed by atoms with Gasteiger partial charge in [0.2, 0.25) is 0 Å². The third-order valence-electron chi connectivity index (χ3n) is 12.7. The third-order valence-corrected chi connectivity index (χ3v) is 12.7. The fourth-order valence-corrected chi connectivity index (χ4v) is 10.4. The number of rotatable bonds is 0. The summed E-state index contributed by atoms with van der Waals surface area (Å²) in [5, 5.41) is 1.30. The minimum absolute atomic E-state index is 0.00560. The molecule has 1 N–H and O–H groups in total. The van der Waals surface area contributed by atoms with Crippen LogP contribution in [0.1, 0.15) is 45.1 Å². The van der Waals surface area contributed by atoms with Crippen molar-refractivity contribution < 1.29 is 14.2 Å². The molecular formula is C40H30B2N2O3. The van der Waals surface area contributed by atoms with E-state index in [4.69, 9.17) is 14.2 Å². The molecule has 6 aromatic rings. The lowest BCUT2D eigenvalue weighted by Crippen LogP contribution is -2.64. The highest BCUT2D eigenvalue weighted by molar-refractivity contribution is 7.01. The van der Waals surface area contributed by atoms with E-state index in [0.29, 0.717) is 0 Å². The molecule has 224 valence electrons. The first-order chi connectivity index (χ1) is 23.0. The topological polar surface area (TPSA) is 46.7 Å². The first-order valence-corrected chi connectivity index (χ1v) is 17.0. The summed E-state index contributed by atoms with van der Waals surface area (Å²) in [6, 6.07) is 32.6. The predicted octanol–water partition coefficient (Wildman–Crippen LogP) is 5.57. The van der Waals surface area contributed by atoms with Crippen LogP contribution in [0.3, 0.4) is 0 Å². The first-order valence-electron chi connectivity index (χ1n) is 17.0. The van der Waals surface area contributed by atoms with Crippen molar-refractivity contribution >= 4 is 68.6 Å². The van der Waals surface area contributed by atoms with Crippen molar-refractivity contribution in [2.75, 3.05) is 4.90 Å². The Hall–Kier alpha value is -5.03. The average molecular weight is 608 g/mol. The summed E-state index contributed by atoms with van der Waals surface area (Å²) in [6.07, 6.45) is 4.88. The Morgan fingerprint density at radius 2 is 1.32 bits per heavy atom. The zero-order chi connectivity index (χ0) is 30.8. The van der Waals surface area contributed by atoms with Crippen LogP contribution in [0.5, 0.6) is 34.5 Å². The number of anilines is 2. The maximum absolute atomic E-state index is 6.95. The van der Waals surface area contributed by atoms with Crippen LogP contribution in [0, 0.1) is 0 Å². The molecule has 1 saturated carbocycles. The molecule has 1 fully saturated rings. The number of fused-ring (bicyclic) bond motifs is 14. The summed E-state index contributed by atoms with van der Waals surface area (Å²) in [6.45, 7) is 5.06. The van der Waals surface area contributed by atoms with Crippen molar-refractivity contribution in [1.29, 1.82) is 0 Å². The highest BCUT2D eigenvalue weighted by Gasteiger charge is 2.62. The number of aromatic amines is 1. The summed E-state index contributed by atoms with van der Waals surface area (Å²) in [7, 11) is 0. The number of aromatic nitrogens is 1. The van der Waals surface area contributed by atoms with Gasteiger partial charge in [-0.1, -0.05) is 74.4 Å². The molecule has 2 unspecified atom stereocenters. The van der Waals surface area contributed by atoms with Crippen LogP contribution < -0.4 is 52.0 Å². The van der Waals surface area contributed by atoms with Gasteiger partial charge in [-0.2, -0.15) is 0 Å². The fraction of sp³-hybridized carbons (Fsp3) is 0.200. The van der Waals surface area contributed by atoms with E-state index < -0.39 is 0 Å². The molecule has 1 aliphatic carbocycles. The van der Waals surface area contributed by atoms with Crippen molar-refractivity contribution in [2.24, 2.45) is 0 Å². The highest BCUT2D eigenvalue weighted by Crippen LogP contribution is 2.62. The Balaban J connectivity index is 1.16. The van der Waals surface area contributed by atoms with E-state index in [0.717, 1.165) is 45.4 Å². The molecule has 0 bridgehead atoms. The standard InChI is InChI=1S/C40H30B2N2O3/c1-39-18-7-8-19-40(39,2)44-36-22-10-3-5-12-27(22)43-38(36)42-26-20-25-32(21-33(26)47-31-17-16-23(39)37(44)35(31)42)46-30-15-9-14-29-34(30)41(25)24-11-4-6-13-28(24)45-29/h3-6,9-17,20-21,43H,7-8,18-19H2,1-2H3. The third kappa shape index (κ3) is 2.77. The van der Waals surface area contributed by atoms with Crippen molar-refractivity contribution in [3.8, 4) is 34.5 Å². The van der Waals surface area contributed by atoms with Gasteiger partial charge in [-0.05, 0) is 77.5 Å². The SMILES string of the molecule is CC12CCCCC1(C)N1c3c2ccc2c3B(c3cc4c(cc3O2)Oc2cccc3c2B4c2ccccc2O3)c2[nH]c3ccccc3c21. The largest absolute Gasteiger partial charge is 0.458 e. The number of nitrogens with one attached hydrogen (secondary N) is 1. The molecule has 47 heavy (non-hydrogen) atoms. The van der Waals surface area contributed by atoms with Gasteiger partial charge in [0.05, 0.1) is 11.2 Å². The molecule has 6 aliphatic rings. The Morgan fingerprint density at radius 1 is 0.617 bits per heavy atom. The van der Waals surface area contributed by atoms with Crippen molar-refractivity contribution in [2.45, 2.75) is 50.5 Å². The summed E-state index contributed by atoms with van der Waals surface area (Å²) in [4.78, 5) is 6.73. The average Bonchev–Trinajstić information content (AvgIpc) is 3.57. The molecule has 12 rings (SSSR count). The lowest BCUT2D eigenvalue weighted by Gasteiger charge is -2.51. The van der Waals surface area contributed by atoms with E-state index in [1.807, 2.05) is 6.07 Å². The Bertz CT molecular complexity index is 2440. The molecule has 0 amide bonds. The van der Waals surface area contributed by atoms with Gasteiger partial charge in [0, 0.05) is 39.1 Å². The number of hydrogen-bond donors (Lipinski definition) is 1. The maximum Gasteiger partial charge on any atom is 0.276 e. The minimum Gasteiger partial charge on any atom is -0.458 e. The van der Waals surface area contributed by atoms with E-state index in [-0.39, 0.29) is 24.4 Å². The predicted molar refractivity (Wildman–Crippen MR) is 190 cm³/mol. The van der Waals surface area contributed by atoms with Gasteiger partial charge in [-0.25, -0.2) is 0 Å². The second kappa shape index (κ2) is 8.09. The second-order valence-corrected chi connectivity index (χ2v) is 14.8. The van der Waals surface area contributed by atoms with Gasteiger partial charge in [-0.3, -0.25) is 0 Å². The van der Waals surface area contributed by atoms with Crippen LogP contribution in [0.15, 0.2) is 91.0 Å². The number of ether oxygens (including phenoxy) is 3. The van der Waals surface area contributed by atoms with Gasteiger partial charge in [0.15, 0.2) is 0 Å². The molecule has 5 aromatic carbocycles. The number of para-hydroxylation sites is 2. The Kier molecular flexibility index (Phi) is 4.32. The van der Waals surface area contributed by atoms with E-state index >= 15 is 0 Å². The number of nitrogens with zero attached hydrogens (tertiary/aromatic N) is 1. The second-order valence-electron chi connectivity index (χ2n) is 14.8. The zero-order valence-corrected chi connectivity index (χ0v) is 26.3. The number of benzene rings is 5. The van der Waals surface area contributed by atoms with Crippen LogP contribution >= 0.6 is 0 Å². The molecule has 6 heterocycles. The number of hydrogen-bond acceptors (Lipinski definition) is 4. The summed E-state index contributed by atoms with van der Waals surface area (Å²) >= 11 is 0. The summed E-state index contributed by atoms with van der Waals surface area (Å²) < 4.78 is 20.1. The smallest absolute Gasteiger partial charge is 0.276 e. The lowest BCUT2D eigenvalue weighted by atomic mass is 9.32. The molecular weight excluding hydrogens is 578 g/mol. The van der Waals surface area contributed by atoms with Crippen LogP contribution in [-0.4, -0.2) is 23.9 Å². The quantitative estimate of drug-likeness (QED) is 0.229. The summed E-state index contributed by atoms with van der Waals surface area (Å²) in [5.74, 6) is 5.29. The Labute approximate surface area is 273 Å². The Morgan fingerprint density at radius 3 is 2.19 bits per heavy atom. The first kappa shape index (κ1) is 25.1. The molecule has 0 spiro atoms. The minimum atomic E-state index is -0.0245. The van der Waals surface area contributed by atoms with Gasteiger partial charge in [0.25, 0.3) is 13.4 Å². The van der Waals surface area contributed by atoms with Crippen LogP contribution in [0.2, 0.25) is 0 Å². The van der Waals surface area contributed by atoms with Gasteiger partial charge in [0.1, 0.15) is 34.5 Å². The fourth-order valence-electron chi connectivity index (χ4n) is 10.4. The van der Waals surface area contributed by atoms with Gasteiger partial charge >= 0.3 is 0 Å². The molecule has 0 radical (unpaired) electrons. The van der Waals surface area contributed by atoms with E-state index in [9.17, 15) is 0 Å². The molecule has 2 atom stereocenters. The van der Waals surface area contributed by atoms with E-state index in [2.05, 4.69) is 109 Å². The van der Waals surface area contributed by atoms with Gasteiger partial charge < -0.3 is 24.1 Å². The monoisotopic (exact) mass is 608 g/mol. The molecule has 5 aliphatic heterocycles. The van der Waals surface area contributed by atoms with Gasteiger partial charge in [-0.15, -0.1) is 0 Å².